The van der Waals surface area contributed by atoms with Gasteiger partial charge in [0.1, 0.15) is 17.7 Å². The van der Waals surface area contributed by atoms with E-state index in [0.29, 0.717) is 37.4 Å². The van der Waals surface area contributed by atoms with E-state index in [1.165, 1.54) is 0 Å². The summed E-state index contributed by atoms with van der Waals surface area (Å²) in [4.78, 5) is 25.8. The second-order valence-corrected chi connectivity index (χ2v) is 9.01. The quantitative estimate of drug-likeness (QED) is 0.751. The summed E-state index contributed by atoms with van der Waals surface area (Å²) in [7, 11) is -2.97. The molecule has 0 unspecified atom stereocenters. The van der Waals surface area contributed by atoms with Crippen LogP contribution in [0.3, 0.4) is 0 Å². The first-order valence-corrected chi connectivity index (χ1v) is 10.8. The number of carbonyl (C=O) groups excluding carboxylic acids is 2. The van der Waals surface area contributed by atoms with Crippen LogP contribution in [0.2, 0.25) is 0 Å². The SMILES string of the molecule is O=C(Nc1ccccc1OC1CS(=O)(=O)C1)C1CCN(C(=O)CCl)CC1. The van der Waals surface area contributed by atoms with Gasteiger partial charge in [0.15, 0.2) is 9.84 Å². The van der Waals surface area contributed by atoms with Gasteiger partial charge < -0.3 is 15.0 Å². The van der Waals surface area contributed by atoms with Gasteiger partial charge in [0, 0.05) is 19.0 Å². The second-order valence-electron chi connectivity index (χ2n) is 6.59. The third-order valence-electron chi connectivity index (χ3n) is 4.65. The Balaban J connectivity index is 1.57. The average molecular weight is 401 g/mol. The first kappa shape index (κ1) is 19.0. The molecular formula is C17H21ClN2O5S. The lowest BCUT2D eigenvalue weighted by Crippen LogP contribution is -2.45. The standard InChI is InChI=1S/C17H21ClN2O5S/c18-9-16(21)20-7-5-12(6-8-20)17(22)19-14-3-1-2-4-15(14)25-13-10-26(23,24)11-13/h1-4,12-13H,5-11H2,(H,19,22). The van der Waals surface area contributed by atoms with Gasteiger partial charge in [-0.2, -0.15) is 0 Å². The third-order valence-corrected chi connectivity index (χ3v) is 6.64. The maximum absolute atomic E-state index is 12.5. The summed E-state index contributed by atoms with van der Waals surface area (Å²) in [6, 6.07) is 6.99. The van der Waals surface area contributed by atoms with Crippen molar-refractivity contribution in [1.82, 2.24) is 4.90 Å². The number of likely N-dealkylation sites (tertiary alicyclic amines) is 1. The Morgan fingerprint density at radius 1 is 1.19 bits per heavy atom. The second kappa shape index (κ2) is 7.84. The van der Waals surface area contributed by atoms with Crippen molar-refractivity contribution in [2.45, 2.75) is 18.9 Å². The number of halogens is 1. The summed E-state index contributed by atoms with van der Waals surface area (Å²) < 4.78 is 28.2. The largest absolute Gasteiger partial charge is 0.486 e. The van der Waals surface area contributed by atoms with Gasteiger partial charge in [0.2, 0.25) is 11.8 Å². The Morgan fingerprint density at radius 2 is 1.85 bits per heavy atom. The molecule has 2 heterocycles. The van der Waals surface area contributed by atoms with Gasteiger partial charge in [-0.15, -0.1) is 11.6 Å². The molecule has 7 nitrogen and oxygen atoms in total. The van der Waals surface area contributed by atoms with E-state index in [0.717, 1.165) is 0 Å². The fraction of sp³-hybridized carbons (Fsp3) is 0.529. The van der Waals surface area contributed by atoms with Crippen LogP contribution >= 0.6 is 11.6 Å². The zero-order valence-corrected chi connectivity index (χ0v) is 15.8. The van der Waals surface area contributed by atoms with Crippen LogP contribution in [0.1, 0.15) is 12.8 Å². The number of hydrogen-bond acceptors (Lipinski definition) is 5. The maximum atomic E-state index is 12.5. The van der Waals surface area contributed by atoms with Crippen LogP contribution in [-0.4, -0.2) is 61.7 Å². The van der Waals surface area contributed by atoms with E-state index in [9.17, 15) is 18.0 Å². The highest BCUT2D eigenvalue weighted by Crippen LogP contribution is 2.29. The number of anilines is 1. The molecule has 2 aliphatic rings. The Kier molecular flexibility index (Phi) is 5.72. The molecule has 2 saturated heterocycles. The number of alkyl halides is 1. The van der Waals surface area contributed by atoms with Crippen LogP contribution in [0.4, 0.5) is 5.69 Å². The molecule has 0 saturated carbocycles. The zero-order chi connectivity index (χ0) is 18.7. The van der Waals surface area contributed by atoms with Crippen LogP contribution < -0.4 is 10.1 Å². The lowest BCUT2D eigenvalue weighted by molar-refractivity contribution is -0.132. The van der Waals surface area contributed by atoms with Gasteiger partial charge in [-0.3, -0.25) is 9.59 Å². The van der Waals surface area contributed by atoms with E-state index in [-0.39, 0.29) is 41.2 Å². The predicted octanol–water partition coefficient (Wildman–Crippen LogP) is 1.28. The molecule has 2 amide bonds. The minimum atomic E-state index is -2.97. The molecule has 142 valence electrons. The van der Waals surface area contributed by atoms with Crippen molar-refractivity contribution in [3.05, 3.63) is 24.3 Å². The Bertz CT molecular complexity index is 778. The summed E-state index contributed by atoms with van der Waals surface area (Å²) in [5.41, 5.74) is 0.529. The molecule has 26 heavy (non-hydrogen) atoms. The number of hydrogen-bond donors (Lipinski definition) is 1. The maximum Gasteiger partial charge on any atom is 0.237 e. The number of nitrogens with zero attached hydrogens (tertiary/aromatic N) is 1. The monoisotopic (exact) mass is 400 g/mol. The van der Waals surface area contributed by atoms with Crippen LogP contribution in [0, 0.1) is 5.92 Å². The highest BCUT2D eigenvalue weighted by Gasteiger charge is 2.35. The molecular weight excluding hydrogens is 380 g/mol. The van der Waals surface area contributed by atoms with Crippen molar-refractivity contribution in [2.24, 2.45) is 5.92 Å². The summed E-state index contributed by atoms with van der Waals surface area (Å²) in [5, 5.41) is 2.87. The van der Waals surface area contributed by atoms with Gasteiger partial charge >= 0.3 is 0 Å². The Morgan fingerprint density at radius 3 is 2.46 bits per heavy atom. The van der Waals surface area contributed by atoms with Gasteiger partial charge in [-0.25, -0.2) is 8.42 Å². The topological polar surface area (TPSA) is 92.8 Å². The van der Waals surface area contributed by atoms with E-state index in [2.05, 4.69) is 5.32 Å². The lowest BCUT2D eigenvalue weighted by atomic mass is 9.95. The fourth-order valence-electron chi connectivity index (χ4n) is 3.15. The number of rotatable bonds is 5. The molecule has 0 atom stereocenters. The molecule has 1 aromatic carbocycles. The number of benzene rings is 1. The van der Waals surface area contributed by atoms with Crippen molar-refractivity contribution >= 4 is 38.9 Å². The van der Waals surface area contributed by atoms with Crippen molar-refractivity contribution in [3.63, 3.8) is 0 Å². The molecule has 9 heteroatoms. The number of ether oxygens (including phenoxy) is 1. The fourth-order valence-corrected chi connectivity index (χ4v) is 4.49. The lowest BCUT2D eigenvalue weighted by Gasteiger charge is -2.31. The number of para-hydroxylation sites is 2. The molecule has 1 aromatic rings. The van der Waals surface area contributed by atoms with Crippen LogP contribution in [0.5, 0.6) is 5.75 Å². The first-order valence-electron chi connectivity index (χ1n) is 8.48. The van der Waals surface area contributed by atoms with Crippen LogP contribution in [0.25, 0.3) is 0 Å². The highest BCUT2D eigenvalue weighted by molar-refractivity contribution is 7.92. The minimum absolute atomic E-state index is 0.00232. The molecule has 0 spiro atoms. The number of carbonyl (C=O) groups is 2. The average Bonchev–Trinajstić information content (AvgIpc) is 2.61. The van der Waals surface area contributed by atoms with Gasteiger partial charge in [0.05, 0.1) is 17.2 Å². The smallest absolute Gasteiger partial charge is 0.237 e. The molecule has 0 bridgehead atoms. The van der Waals surface area contributed by atoms with Gasteiger partial charge in [0.25, 0.3) is 0 Å². The van der Waals surface area contributed by atoms with Crippen molar-refractivity contribution in [2.75, 3.05) is 35.8 Å². The van der Waals surface area contributed by atoms with E-state index >= 15 is 0 Å². The molecule has 0 aliphatic carbocycles. The van der Waals surface area contributed by atoms with Crippen molar-refractivity contribution in [3.8, 4) is 5.75 Å². The number of sulfone groups is 1. The normalized spacial score (nSPS) is 20.3. The molecule has 0 radical (unpaired) electrons. The number of piperidine rings is 1. The highest BCUT2D eigenvalue weighted by atomic mass is 35.5. The summed E-state index contributed by atoms with van der Waals surface area (Å²) in [6.45, 7) is 1.03. The Labute approximate surface area is 157 Å². The predicted molar refractivity (Wildman–Crippen MR) is 98.2 cm³/mol. The molecule has 2 fully saturated rings. The van der Waals surface area contributed by atoms with E-state index < -0.39 is 9.84 Å². The van der Waals surface area contributed by atoms with Crippen LogP contribution in [-0.2, 0) is 19.4 Å². The molecule has 3 rings (SSSR count). The first-order chi connectivity index (χ1) is 12.4. The van der Waals surface area contributed by atoms with E-state index in [1.807, 2.05) is 0 Å². The number of nitrogens with one attached hydrogen (secondary N) is 1. The third kappa shape index (κ3) is 4.48. The van der Waals surface area contributed by atoms with E-state index in [1.54, 1.807) is 29.2 Å². The molecule has 2 aliphatic heterocycles. The van der Waals surface area contributed by atoms with E-state index in [4.69, 9.17) is 16.3 Å². The molecule has 1 N–H and O–H groups in total. The van der Waals surface area contributed by atoms with Gasteiger partial charge in [-0.05, 0) is 25.0 Å². The summed E-state index contributed by atoms with van der Waals surface area (Å²) in [6.07, 6.45) is 0.791. The van der Waals surface area contributed by atoms with Gasteiger partial charge in [-0.1, -0.05) is 12.1 Å². The molecule has 0 aromatic heterocycles. The van der Waals surface area contributed by atoms with Crippen molar-refractivity contribution < 1.29 is 22.7 Å². The number of amides is 2. The zero-order valence-electron chi connectivity index (χ0n) is 14.2. The summed E-state index contributed by atoms with van der Waals surface area (Å²) >= 11 is 5.56. The summed E-state index contributed by atoms with van der Waals surface area (Å²) in [5.74, 6) is 0.00496. The minimum Gasteiger partial charge on any atom is -0.486 e. The van der Waals surface area contributed by atoms with Crippen molar-refractivity contribution in [1.29, 1.82) is 0 Å². The van der Waals surface area contributed by atoms with Crippen LogP contribution in [0.15, 0.2) is 24.3 Å². The Hall–Kier alpha value is -1.80.